The van der Waals surface area contributed by atoms with E-state index < -0.39 is 0 Å². The van der Waals surface area contributed by atoms with Crippen molar-refractivity contribution in [1.29, 1.82) is 0 Å². The summed E-state index contributed by atoms with van der Waals surface area (Å²) in [6, 6.07) is 12.8. The van der Waals surface area contributed by atoms with Crippen molar-refractivity contribution in [2.45, 2.75) is 32.1 Å². The highest BCUT2D eigenvalue weighted by atomic mass is 32.2. The van der Waals surface area contributed by atoms with E-state index in [0.29, 0.717) is 5.92 Å². The molecule has 0 radical (unpaired) electrons. The van der Waals surface area contributed by atoms with Crippen molar-refractivity contribution < 1.29 is 5.11 Å². The van der Waals surface area contributed by atoms with E-state index in [1.165, 1.54) is 16.7 Å². The van der Waals surface area contributed by atoms with Crippen LogP contribution >= 0.6 is 11.8 Å². The van der Waals surface area contributed by atoms with Crippen molar-refractivity contribution in [2.75, 3.05) is 17.7 Å². The normalized spacial score (nSPS) is 10.9. The molecule has 0 atom stereocenters. The maximum atomic E-state index is 8.82. The molecule has 0 aliphatic carbocycles. The summed E-state index contributed by atoms with van der Waals surface area (Å²) < 4.78 is 0. The summed E-state index contributed by atoms with van der Waals surface area (Å²) in [7, 11) is 0. The number of nitrogens with zero attached hydrogens (tertiary/aromatic N) is 1. The molecule has 0 saturated carbocycles. The Morgan fingerprint density at radius 2 is 1.91 bits per heavy atom. The predicted molar refractivity (Wildman–Crippen MR) is 95.3 cm³/mol. The molecule has 0 bridgehead atoms. The van der Waals surface area contributed by atoms with Crippen molar-refractivity contribution in [3.05, 3.63) is 59.3 Å². The molecule has 0 saturated heterocycles. The standard InChI is InChI=1S/C18H24N2OS/c1-14(2)17-5-3-15(4-6-17)12-20-18-11-16(7-8-19-18)13-22-10-9-21/h3-8,11,14,21H,9-10,12-13H2,1-2H3,(H,19,20). The Labute approximate surface area is 137 Å². The summed E-state index contributed by atoms with van der Waals surface area (Å²) in [5, 5.41) is 12.2. The average molecular weight is 316 g/mol. The number of nitrogens with one attached hydrogen (secondary N) is 1. The van der Waals surface area contributed by atoms with Crippen molar-refractivity contribution >= 4 is 17.6 Å². The SMILES string of the molecule is CC(C)c1ccc(CNc2cc(CSCCO)ccn2)cc1. The topological polar surface area (TPSA) is 45.1 Å². The lowest BCUT2D eigenvalue weighted by molar-refractivity contribution is 0.322. The lowest BCUT2D eigenvalue weighted by Crippen LogP contribution is -2.02. The summed E-state index contributed by atoms with van der Waals surface area (Å²) in [6.45, 7) is 5.42. The molecule has 0 spiro atoms. The van der Waals surface area contributed by atoms with Crippen molar-refractivity contribution in [3.8, 4) is 0 Å². The van der Waals surface area contributed by atoms with Gasteiger partial charge >= 0.3 is 0 Å². The summed E-state index contributed by atoms with van der Waals surface area (Å²) in [6.07, 6.45) is 1.83. The molecule has 0 unspecified atom stereocenters. The Balaban J connectivity index is 1.89. The molecule has 0 fully saturated rings. The van der Waals surface area contributed by atoms with Crippen LogP contribution in [0.1, 0.15) is 36.5 Å². The van der Waals surface area contributed by atoms with E-state index in [0.717, 1.165) is 23.9 Å². The monoisotopic (exact) mass is 316 g/mol. The molecule has 0 aliphatic heterocycles. The van der Waals surface area contributed by atoms with E-state index in [-0.39, 0.29) is 6.61 Å². The van der Waals surface area contributed by atoms with Crippen LogP contribution in [0.15, 0.2) is 42.6 Å². The highest BCUT2D eigenvalue weighted by Gasteiger charge is 2.01. The van der Waals surface area contributed by atoms with Gasteiger partial charge in [-0.2, -0.15) is 11.8 Å². The Bertz CT molecular complexity index is 570. The molecule has 1 aromatic carbocycles. The molecule has 4 heteroatoms. The number of rotatable bonds is 8. The van der Waals surface area contributed by atoms with E-state index in [2.05, 4.69) is 54.5 Å². The second-order valence-electron chi connectivity index (χ2n) is 5.58. The molecule has 118 valence electrons. The van der Waals surface area contributed by atoms with Crippen molar-refractivity contribution in [3.63, 3.8) is 0 Å². The number of aromatic nitrogens is 1. The fourth-order valence-corrected chi connectivity index (χ4v) is 2.82. The van der Waals surface area contributed by atoms with Crippen LogP contribution in [-0.2, 0) is 12.3 Å². The number of aliphatic hydroxyl groups excluding tert-OH is 1. The average Bonchev–Trinajstić information content (AvgIpc) is 2.54. The molecule has 1 heterocycles. The lowest BCUT2D eigenvalue weighted by atomic mass is 10.0. The van der Waals surface area contributed by atoms with E-state index in [1.807, 2.05) is 12.3 Å². The van der Waals surface area contributed by atoms with Crippen LogP contribution in [0.3, 0.4) is 0 Å². The molecule has 0 aliphatic rings. The minimum absolute atomic E-state index is 0.229. The molecule has 1 aromatic heterocycles. The van der Waals surface area contributed by atoms with E-state index in [9.17, 15) is 0 Å². The van der Waals surface area contributed by atoms with Gasteiger partial charge in [0.25, 0.3) is 0 Å². The molecule has 22 heavy (non-hydrogen) atoms. The van der Waals surface area contributed by atoms with Crippen molar-refractivity contribution in [1.82, 2.24) is 4.98 Å². The van der Waals surface area contributed by atoms with Gasteiger partial charge in [0.05, 0.1) is 6.61 Å². The summed E-state index contributed by atoms with van der Waals surface area (Å²) in [5.41, 5.74) is 3.85. The van der Waals surface area contributed by atoms with Crippen LogP contribution < -0.4 is 5.32 Å². The van der Waals surface area contributed by atoms with Gasteiger partial charge in [0.2, 0.25) is 0 Å². The third-order valence-electron chi connectivity index (χ3n) is 3.45. The summed E-state index contributed by atoms with van der Waals surface area (Å²) in [5.74, 6) is 3.14. The van der Waals surface area contributed by atoms with Gasteiger partial charge in [-0.3, -0.25) is 0 Å². The van der Waals surface area contributed by atoms with Crippen molar-refractivity contribution in [2.24, 2.45) is 0 Å². The lowest BCUT2D eigenvalue weighted by Gasteiger charge is -2.09. The maximum Gasteiger partial charge on any atom is 0.126 e. The zero-order valence-electron chi connectivity index (χ0n) is 13.2. The Morgan fingerprint density at radius 3 is 2.59 bits per heavy atom. The number of thioether (sulfide) groups is 1. The number of hydrogen-bond donors (Lipinski definition) is 2. The van der Waals surface area contributed by atoms with Gasteiger partial charge in [0.1, 0.15) is 5.82 Å². The van der Waals surface area contributed by atoms with Gasteiger partial charge in [0, 0.05) is 24.2 Å². The van der Waals surface area contributed by atoms with Crippen LogP contribution in [-0.4, -0.2) is 22.5 Å². The smallest absolute Gasteiger partial charge is 0.126 e. The Kier molecular flexibility index (Phi) is 6.74. The molecule has 2 rings (SSSR count). The van der Waals surface area contributed by atoms with Crippen LogP contribution in [0, 0.1) is 0 Å². The highest BCUT2D eigenvalue weighted by molar-refractivity contribution is 7.98. The molecule has 2 N–H and O–H groups in total. The number of anilines is 1. The van der Waals surface area contributed by atoms with Crippen LogP contribution in [0.5, 0.6) is 0 Å². The third-order valence-corrected chi connectivity index (χ3v) is 4.46. The Morgan fingerprint density at radius 1 is 1.14 bits per heavy atom. The highest BCUT2D eigenvalue weighted by Crippen LogP contribution is 2.17. The van der Waals surface area contributed by atoms with Crippen LogP contribution in [0.25, 0.3) is 0 Å². The van der Waals surface area contributed by atoms with Gasteiger partial charge in [-0.15, -0.1) is 0 Å². The number of aliphatic hydroxyl groups is 1. The molecule has 2 aromatic rings. The van der Waals surface area contributed by atoms with Crippen LogP contribution in [0.2, 0.25) is 0 Å². The second-order valence-corrected chi connectivity index (χ2v) is 6.68. The van der Waals surface area contributed by atoms with Gasteiger partial charge in [-0.05, 0) is 34.7 Å². The zero-order valence-corrected chi connectivity index (χ0v) is 14.1. The first-order chi connectivity index (χ1) is 10.7. The quantitative estimate of drug-likeness (QED) is 0.721. The zero-order chi connectivity index (χ0) is 15.8. The third kappa shape index (κ3) is 5.35. The molecular formula is C18H24N2OS. The number of pyridine rings is 1. The fraction of sp³-hybridized carbons (Fsp3) is 0.389. The van der Waals surface area contributed by atoms with E-state index >= 15 is 0 Å². The first-order valence-corrected chi connectivity index (χ1v) is 8.80. The largest absolute Gasteiger partial charge is 0.396 e. The van der Waals surface area contributed by atoms with Crippen LogP contribution in [0.4, 0.5) is 5.82 Å². The predicted octanol–water partition coefficient (Wildman–Crippen LogP) is 4.04. The summed E-state index contributed by atoms with van der Waals surface area (Å²) in [4.78, 5) is 4.36. The van der Waals surface area contributed by atoms with Gasteiger partial charge in [0.15, 0.2) is 0 Å². The second kappa shape index (κ2) is 8.81. The number of hydrogen-bond acceptors (Lipinski definition) is 4. The molecule has 3 nitrogen and oxygen atoms in total. The van der Waals surface area contributed by atoms with Gasteiger partial charge in [-0.1, -0.05) is 38.1 Å². The molecular weight excluding hydrogens is 292 g/mol. The fourth-order valence-electron chi connectivity index (χ4n) is 2.13. The maximum absolute atomic E-state index is 8.82. The minimum atomic E-state index is 0.229. The Hall–Kier alpha value is -1.52. The first kappa shape index (κ1) is 16.8. The van der Waals surface area contributed by atoms with Gasteiger partial charge in [-0.25, -0.2) is 4.98 Å². The van der Waals surface area contributed by atoms with Gasteiger partial charge < -0.3 is 10.4 Å². The first-order valence-electron chi connectivity index (χ1n) is 7.65. The van der Waals surface area contributed by atoms with E-state index in [1.54, 1.807) is 11.8 Å². The van der Waals surface area contributed by atoms with E-state index in [4.69, 9.17) is 5.11 Å². The minimum Gasteiger partial charge on any atom is -0.396 e. The number of benzene rings is 1. The summed E-state index contributed by atoms with van der Waals surface area (Å²) >= 11 is 1.73. The molecule has 0 amide bonds.